The average molecular weight is 382 g/mol. The van der Waals surface area contributed by atoms with E-state index >= 15 is 0 Å². The summed E-state index contributed by atoms with van der Waals surface area (Å²) in [7, 11) is 0. The van der Waals surface area contributed by atoms with Crippen LogP contribution in [0.3, 0.4) is 0 Å². The minimum Gasteiger partial charge on any atom is -0.462 e. The van der Waals surface area contributed by atoms with Gasteiger partial charge in [0.25, 0.3) is 0 Å². The Balaban J connectivity index is 2.06. The molecule has 1 aliphatic carbocycles. The van der Waals surface area contributed by atoms with Crippen LogP contribution < -0.4 is 5.32 Å². The molecule has 1 aromatic carbocycles. The Hall–Kier alpha value is -2.65. The van der Waals surface area contributed by atoms with Crippen molar-refractivity contribution < 1.29 is 14.3 Å². The predicted octanol–water partition coefficient (Wildman–Crippen LogP) is 4.22. The van der Waals surface area contributed by atoms with Crippen LogP contribution in [0.2, 0.25) is 0 Å². The maximum Gasteiger partial charge on any atom is 0.341 e. The number of carbonyl (C=O) groups is 2. The van der Waals surface area contributed by atoms with Gasteiger partial charge >= 0.3 is 5.97 Å². The number of rotatable bonds is 5. The van der Waals surface area contributed by atoms with Crippen LogP contribution >= 0.6 is 11.3 Å². The van der Waals surface area contributed by atoms with Gasteiger partial charge < -0.3 is 10.1 Å². The molecule has 5 nitrogen and oxygen atoms in total. The van der Waals surface area contributed by atoms with Gasteiger partial charge in [-0.15, -0.1) is 11.3 Å². The van der Waals surface area contributed by atoms with Crippen molar-refractivity contribution in [2.45, 2.75) is 44.9 Å². The molecule has 0 radical (unpaired) electrons. The van der Waals surface area contributed by atoms with Gasteiger partial charge in [0.2, 0.25) is 5.91 Å². The number of benzene rings is 1. The second-order valence-electron chi connectivity index (χ2n) is 6.77. The molecule has 1 atom stereocenters. The molecule has 140 valence electrons. The lowest BCUT2D eigenvalue weighted by molar-refractivity contribution is -0.114. The van der Waals surface area contributed by atoms with E-state index in [1.807, 2.05) is 18.2 Å². The topological polar surface area (TPSA) is 79.2 Å². The van der Waals surface area contributed by atoms with Gasteiger partial charge in [-0.2, -0.15) is 5.26 Å². The largest absolute Gasteiger partial charge is 0.462 e. The number of thiophene rings is 1. The summed E-state index contributed by atoms with van der Waals surface area (Å²) in [6.07, 6.45) is 2.55. The number of ether oxygens (including phenoxy) is 1. The Bertz CT molecular complexity index is 898. The Morgan fingerprint density at radius 2 is 2.07 bits per heavy atom. The molecule has 1 heterocycles. The number of carbonyl (C=O) groups excluding carboxylic acids is 2. The van der Waals surface area contributed by atoms with E-state index in [1.54, 1.807) is 6.92 Å². The number of anilines is 1. The molecule has 1 amide bonds. The number of nitrogens with zero attached hydrogens (tertiary/aromatic N) is 1. The number of nitrogens with one attached hydrogen (secondary N) is 1. The number of nitriles is 1. The molecular weight excluding hydrogens is 360 g/mol. The molecule has 0 fully saturated rings. The van der Waals surface area contributed by atoms with Crippen LogP contribution in [0.5, 0.6) is 0 Å². The highest BCUT2D eigenvalue weighted by Crippen LogP contribution is 2.47. The number of amides is 1. The van der Waals surface area contributed by atoms with Crippen LogP contribution in [-0.2, 0) is 27.8 Å². The van der Waals surface area contributed by atoms with Crippen LogP contribution in [0, 0.1) is 11.3 Å². The van der Waals surface area contributed by atoms with Crippen LogP contribution in [0.4, 0.5) is 5.00 Å². The maximum absolute atomic E-state index is 12.5. The fourth-order valence-electron chi connectivity index (χ4n) is 3.79. The zero-order chi connectivity index (χ0) is 19.4. The van der Waals surface area contributed by atoms with Crippen molar-refractivity contribution in [3.63, 3.8) is 0 Å². The lowest BCUT2D eigenvalue weighted by Gasteiger charge is -2.36. The number of fused-ring (bicyclic) bond motifs is 1. The summed E-state index contributed by atoms with van der Waals surface area (Å²) < 4.78 is 5.22. The van der Waals surface area contributed by atoms with Gasteiger partial charge in [-0.1, -0.05) is 30.3 Å². The molecule has 6 heteroatoms. The van der Waals surface area contributed by atoms with Gasteiger partial charge in [0.15, 0.2) is 0 Å². The second kappa shape index (κ2) is 7.93. The van der Waals surface area contributed by atoms with E-state index in [9.17, 15) is 14.9 Å². The van der Waals surface area contributed by atoms with E-state index < -0.39 is 5.97 Å². The molecule has 1 N–H and O–H groups in total. The molecule has 2 aromatic rings. The van der Waals surface area contributed by atoms with Gasteiger partial charge in [-0.25, -0.2) is 4.79 Å². The first-order chi connectivity index (χ1) is 13.0. The van der Waals surface area contributed by atoms with Crippen molar-refractivity contribution >= 4 is 28.2 Å². The summed E-state index contributed by atoms with van der Waals surface area (Å²) in [6.45, 7) is 3.48. The Kier molecular flexibility index (Phi) is 5.62. The van der Waals surface area contributed by atoms with E-state index in [0.29, 0.717) is 29.8 Å². The van der Waals surface area contributed by atoms with Crippen LogP contribution in [-0.4, -0.2) is 18.5 Å². The summed E-state index contributed by atoms with van der Waals surface area (Å²) in [6, 6.07) is 12.4. The van der Waals surface area contributed by atoms with Crippen molar-refractivity contribution in [1.82, 2.24) is 0 Å². The fraction of sp³-hybridized carbons (Fsp3) is 0.381. The lowest BCUT2D eigenvalue weighted by Crippen LogP contribution is -2.33. The molecule has 0 aliphatic heterocycles. The SMILES string of the molecule is CCOC(=O)c1c(NC(C)=O)sc2c1CCC(CC#N)(c1ccccc1)C2. The van der Waals surface area contributed by atoms with Crippen molar-refractivity contribution in [2.75, 3.05) is 11.9 Å². The van der Waals surface area contributed by atoms with E-state index in [-0.39, 0.29) is 17.9 Å². The highest BCUT2D eigenvalue weighted by Gasteiger charge is 2.39. The van der Waals surface area contributed by atoms with Crippen LogP contribution in [0.1, 0.15) is 53.1 Å². The first kappa shape index (κ1) is 19.1. The minimum absolute atomic E-state index is 0.217. The number of esters is 1. The van der Waals surface area contributed by atoms with E-state index in [1.165, 1.54) is 18.3 Å². The number of hydrogen-bond acceptors (Lipinski definition) is 5. The van der Waals surface area contributed by atoms with Crippen molar-refractivity contribution in [3.05, 3.63) is 51.9 Å². The van der Waals surface area contributed by atoms with Crippen molar-refractivity contribution in [1.29, 1.82) is 5.26 Å². The summed E-state index contributed by atoms with van der Waals surface area (Å²) in [4.78, 5) is 25.2. The standard InChI is InChI=1S/C21H22N2O3S/c1-3-26-20(25)18-16-9-10-21(11-12-22,15-7-5-4-6-8-15)13-17(16)27-19(18)23-14(2)24/h4-8H,3,9-11,13H2,1-2H3,(H,23,24). The van der Waals surface area contributed by atoms with Crippen molar-refractivity contribution in [3.8, 4) is 6.07 Å². The molecule has 0 bridgehead atoms. The molecule has 0 spiro atoms. The van der Waals surface area contributed by atoms with Crippen molar-refractivity contribution in [2.24, 2.45) is 0 Å². The Morgan fingerprint density at radius 3 is 2.70 bits per heavy atom. The summed E-state index contributed by atoms with van der Waals surface area (Å²) in [5.41, 5.74) is 2.30. The zero-order valence-electron chi connectivity index (χ0n) is 15.5. The normalized spacial score (nSPS) is 18.3. The van der Waals surface area contributed by atoms with Gasteiger partial charge in [0, 0.05) is 23.6 Å². The molecule has 3 rings (SSSR count). The monoisotopic (exact) mass is 382 g/mol. The summed E-state index contributed by atoms with van der Waals surface area (Å²) in [5.74, 6) is -0.614. The third kappa shape index (κ3) is 3.74. The molecule has 1 unspecified atom stereocenters. The van der Waals surface area contributed by atoms with Crippen LogP contribution in [0.25, 0.3) is 0 Å². The minimum atomic E-state index is -0.397. The molecule has 27 heavy (non-hydrogen) atoms. The number of hydrogen-bond donors (Lipinski definition) is 1. The predicted molar refractivity (Wildman–Crippen MR) is 105 cm³/mol. The summed E-state index contributed by atoms with van der Waals surface area (Å²) >= 11 is 1.43. The summed E-state index contributed by atoms with van der Waals surface area (Å²) in [5, 5.41) is 12.8. The Labute approximate surface area is 163 Å². The molecule has 0 saturated heterocycles. The second-order valence-corrected chi connectivity index (χ2v) is 7.87. The first-order valence-corrected chi connectivity index (χ1v) is 9.84. The zero-order valence-corrected chi connectivity index (χ0v) is 16.3. The molecular formula is C21H22N2O3S. The van der Waals surface area contributed by atoms with E-state index in [2.05, 4.69) is 23.5 Å². The van der Waals surface area contributed by atoms with Gasteiger partial charge in [0.1, 0.15) is 5.00 Å². The first-order valence-electron chi connectivity index (χ1n) is 9.02. The molecule has 0 saturated carbocycles. The highest BCUT2D eigenvalue weighted by molar-refractivity contribution is 7.17. The Morgan fingerprint density at radius 1 is 1.33 bits per heavy atom. The van der Waals surface area contributed by atoms with Crippen LogP contribution in [0.15, 0.2) is 30.3 Å². The highest BCUT2D eigenvalue weighted by atomic mass is 32.1. The fourth-order valence-corrected chi connectivity index (χ4v) is 5.21. The molecule has 1 aliphatic rings. The molecule has 1 aromatic heterocycles. The average Bonchev–Trinajstić information content (AvgIpc) is 2.99. The quantitative estimate of drug-likeness (QED) is 0.785. The third-order valence-electron chi connectivity index (χ3n) is 5.02. The van der Waals surface area contributed by atoms with Gasteiger partial charge in [-0.05, 0) is 37.3 Å². The smallest absolute Gasteiger partial charge is 0.341 e. The lowest BCUT2D eigenvalue weighted by atomic mass is 9.67. The van der Waals surface area contributed by atoms with Gasteiger partial charge in [-0.3, -0.25) is 4.79 Å². The van der Waals surface area contributed by atoms with Gasteiger partial charge in [0.05, 0.1) is 18.2 Å². The van der Waals surface area contributed by atoms with E-state index in [4.69, 9.17) is 4.74 Å². The third-order valence-corrected chi connectivity index (χ3v) is 6.16. The maximum atomic E-state index is 12.5. The van der Waals surface area contributed by atoms with E-state index in [0.717, 1.165) is 22.4 Å².